The third-order valence-corrected chi connectivity index (χ3v) is 2.44. The summed E-state index contributed by atoms with van der Waals surface area (Å²) in [5.41, 5.74) is 1.12. The summed E-state index contributed by atoms with van der Waals surface area (Å²) in [6.07, 6.45) is 1.44. The van der Waals surface area contributed by atoms with Crippen LogP contribution in [0.3, 0.4) is 0 Å². The molecule has 4 heteroatoms. The molecule has 90 valence electrons. The number of phenols is 1. The van der Waals surface area contributed by atoms with Crippen molar-refractivity contribution in [3.05, 3.63) is 75.8 Å². The fourth-order valence-electron chi connectivity index (χ4n) is 1.62. The molecule has 0 amide bonds. The highest BCUT2D eigenvalue weighted by Crippen LogP contribution is 2.20. The Morgan fingerprint density at radius 2 is 1.83 bits per heavy atom. The Balaban J connectivity index is 2.46. The molecule has 0 aliphatic carbocycles. The third-order valence-electron chi connectivity index (χ3n) is 2.44. The highest BCUT2D eigenvalue weighted by Gasteiger charge is 2.13. The Morgan fingerprint density at radius 3 is 2.44 bits per heavy atom. The van der Waals surface area contributed by atoms with Gasteiger partial charge >= 0.3 is 0 Å². The summed E-state index contributed by atoms with van der Waals surface area (Å²) in [5, 5.41) is 20.4. The predicted octanol–water partition coefficient (Wildman–Crippen LogP) is 3.17. The highest BCUT2D eigenvalue weighted by molar-refractivity contribution is 5.76. The first-order valence-corrected chi connectivity index (χ1v) is 5.37. The zero-order chi connectivity index (χ0) is 13.0. The van der Waals surface area contributed by atoms with Crippen LogP contribution in [-0.2, 0) is 0 Å². The number of rotatable bonds is 3. The van der Waals surface area contributed by atoms with E-state index in [0.29, 0.717) is 11.1 Å². The quantitative estimate of drug-likeness (QED) is 0.510. The molecule has 0 fully saturated rings. The van der Waals surface area contributed by atoms with E-state index >= 15 is 0 Å². The van der Waals surface area contributed by atoms with Gasteiger partial charge in [-0.2, -0.15) is 0 Å². The minimum Gasteiger partial charge on any atom is -0.508 e. The van der Waals surface area contributed by atoms with Crippen LogP contribution in [0.15, 0.2) is 54.6 Å². The molecule has 0 heterocycles. The van der Waals surface area contributed by atoms with Crippen LogP contribution >= 0.6 is 0 Å². The lowest BCUT2D eigenvalue weighted by atomic mass is 10.1. The number of nitrogens with zero attached hydrogens (tertiary/aromatic N) is 1. The van der Waals surface area contributed by atoms with Crippen molar-refractivity contribution in [2.24, 2.45) is 0 Å². The van der Waals surface area contributed by atoms with E-state index < -0.39 is 4.92 Å². The number of nitro groups is 1. The summed E-state index contributed by atoms with van der Waals surface area (Å²) < 4.78 is 0. The van der Waals surface area contributed by atoms with Gasteiger partial charge in [0, 0.05) is 6.08 Å². The van der Waals surface area contributed by atoms with E-state index in [-0.39, 0.29) is 11.4 Å². The lowest BCUT2D eigenvalue weighted by Gasteiger charge is -1.99. The van der Waals surface area contributed by atoms with Crippen LogP contribution in [0.4, 0.5) is 0 Å². The van der Waals surface area contributed by atoms with Gasteiger partial charge in [-0.05, 0) is 29.8 Å². The molecule has 0 spiro atoms. The zero-order valence-corrected chi connectivity index (χ0v) is 9.48. The minimum atomic E-state index is -0.431. The smallest absolute Gasteiger partial charge is 0.277 e. The Labute approximate surface area is 104 Å². The summed E-state index contributed by atoms with van der Waals surface area (Å²) >= 11 is 0. The van der Waals surface area contributed by atoms with E-state index in [1.165, 1.54) is 18.2 Å². The summed E-state index contributed by atoms with van der Waals surface area (Å²) in [6, 6.07) is 15.0. The predicted molar refractivity (Wildman–Crippen MR) is 69.4 cm³/mol. The molecule has 0 aliphatic heterocycles. The molecule has 0 aromatic heterocycles. The number of aromatic hydroxyl groups is 1. The molecule has 0 unspecified atom stereocenters. The molecule has 4 nitrogen and oxygen atoms in total. The van der Waals surface area contributed by atoms with Crippen LogP contribution in [-0.4, -0.2) is 10.0 Å². The molecule has 2 aromatic rings. The first-order valence-electron chi connectivity index (χ1n) is 5.37. The van der Waals surface area contributed by atoms with Gasteiger partial charge in [-0.15, -0.1) is 0 Å². The number of benzene rings is 2. The van der Waals surface area contributed by atoms with Crippen LogP contribution < -0.4 is 0 Å². The van der Waals surface area contributed by atoms with Crippen molar-refractivity contribution in [3.8, 4) is 5.75 Å². The second kappa shape index (κ2) is 5.14. The number of hydrogen-bond donors (Lipinski definition) is 1. The van der Waals surface area contributed by atoms with Gasteiger partial charge in [-0.1, -0.05) is 30.3 Å². The van der Waals surface area contributed by atoms with Gasteiger partial charge in [0.15, 0.2) is 0 Å². The SMILES string of the molecule is O=[N+]([O-])/C(=C/c1cccc(O)c1)c1ccccc1. The molecule has 1 N–H and O–H groups in total. The standard InChI is InChI=1S/C14H11NO3/c16-13-8-4-5-11(9-13)10-14(15(17)18)12-6-2-1-3-7-12/h1-10,16H/b14-10+. The maximum absolute atomic E-state index is 11.1. The molecule has 0 aliphatic rings. The van der Waals surface area contributed by atoms with Gasteiger partial charge in [0.1, 0.15) is 5.75 Å². The Hall–Kier alpha value is -2.62. The van der Waals surface area contributed by atoms with Gasteiger partial charge in [0.25, 0.3) is 5.70 Å². The van der Waals surface area contributed by atoms with E-state index in [0.717, 1.165) is 0 Å². The lowest BCUT2D eigenvalue weighted by molar-refractivity contribution is -0.374. The fourth-order valence-corrected chi connectivity index (χ4v) is 1.62. The number of phenolic OH excluding ortho intramolecular Hbond substituents is 1. The van der Waals surface area contributed by atoms with Crippen LogP contribution in [0.1, 0.15) is 11.1 Å². The van der Waals surface area contributed by atoms with E-state index in [1.807, 2.05) is 0 Å². The minimum absolute atomic E-state index is 0.00111. The molecule has 0 radical (unpaired) electrons. The Morgan fingerprint density at radius 1 is 1.11 bits per heavy atom. The van der Waals surface area contributed by atoms with Crippen LogP contribution in [0.25, 0.3) is 11.8 Å². The summed E-state index contributed by atoms with van der Waals surface area (Å²) in [4.78, 5) is 10.6. The van der Waals surface area contributed by atoms with Crippen LogP contribution in [0, 0.1) is 10.1 Å². The van der Waals surface area contributed by atoms with Gasteiger partial charge < -0.3 is 5.11 Å². The topological polar surface area (TPSA) is 63.4 Å². The van der Waals surface area contributed by atoms with Gasteiger partial charge in [-0.3, -0.25) is 10.1 Å². The van der Waals surface area contributed by atoms with Crippen molar-refractivity contribution in [2.75, 3.05) is 0 Å². The molecular weight excluding hydrogens is 230 g/mol. The molecule has 0 bridgehead atoms. The van der Waals surface area contributed by atoms with Crippen LogP contribution in [0.2, 0.25) is 0 Å². The molecule has 2 aromatic carbocycles. The highest BCUT2D eigenvalue weighted by atomic mass is 16.6. The molecule has 18 heavy (non-hydrogen) atoms. The summed E-state index contributed by atoms with van der Waals surface area (Å²) in [5.74, 6) is 0.0829. The molecule has 0 saturated carbocycles. The van der Waals surface area contributed by atoms with Crippen molar-refractivity contribution in [1.82, 2.24) is 0 Å². The van der Waals surface area contributed by atoms with E-state index in [2.05, 4.69) is 0 Å². The molecule has 0 atom stereocenters. The average Bonchev–Trinajstić information content (AvgIpc) is 2.37. The molecular formula is C14H11NO3. The molecule has 2 rings (SSSR count). The first kappa shape index (κ1) is 11.9. The normalized spacial score (nSPS) is 11.2. The van der Waals surface area contributed by atoms with Crippen molar-refractivity contribution >= 4 is 11.8 Å². The van der Waals surface area contributed by atoms with E-state index in [9.17, 15) is 15.2 Å². The Kier molecular flexibility index (Phi) is 3.38. The fraction of sp³-hybridized carbons (Fsp3) is 0. The largest absolute Gasteiger partial charge is 0.508 e. The van der Waals surface area contributed by atoms with Gasteiger partial charge in [0.05, 0.1) is 10.5 Å². The Bertz CT molecular complexity index is 591. The maximum Gasteiger partial charge on any atom is 0.277 e. The average molecular weight is 241 g/mol. The van der Waals surface area contributed by atoms with Crippen molar-refractivity contribution < 1.29 is 10.0 Å². The van der Waals surface area contributed by atoms with Crippen molar-refractivity contribution in [2.45, 2.75) is 0 Å². The monoisotopic (exact) mass is 241 g/mol. The second-order valence-electron chi connectivity index (χ2n) is 3.75. The van der Waals surface area contributed by atoms with E-state index in [4.69, 9.17) is 0 Å². The summed E-state index contributed by atoms with van der Waals surface area (Å²) in [7, 11) is 0. The maximum atomic E-state index is 11.1. The van der Waals surface area contributed by atoms with Crippen molar-refractivity contribution in [1.29, 1.82) is 0 Å². The second-order valence-corrected chi connectivity index (χ2v) is 3.75. The molecule has 0 saturated heterocycles. The summed E-state index contributed by atoms with van der Waals surface area (Å²) in [6.45, 7) is 0. The third kappa shape index (κ3) is 2.74. The van der Waals surface area contributed by atoms with Crippen molar-refractivity contribution in [3.63, 3.8) is 0 Å². The van der Waals surface area contributed by atoms with E-state index in [1.54, 1.807) is 42.5 Å². The van der Waals surface area contributed by atoms with Crippen LogP contribution in [0.5, 0.6) is 5.75 Å². The zero-order valence-electron chi connectivity index (χ0n) is 9.48. The lowest BCUT2D eigenvalue weighted by Crippen LogP contribution is -1.97. The number of hydrogen-bond acceptors (Lipinski definition) is 3. The van der Waals surface area contributed by atoms with Gasteiger partial charge in [-0.25, -0.2) is 0 Å². The van der Waals surface area contributed by atoms with Gasteiger partial charge in [0.2, 0.25) is 0 Å². The first-order chi connectivity index (χ1) is 8.66.